The van der Waals surface area contributed by atoms with Gasteiger partial charge in [0.05, 0.1) is 11.3 Å². The van der Waals surface area contributed by atoms with Gasteiger partial charge >= 0.3 is 6.18 Å². The van der Waals surface area contributed by atoms with Crippen LogP contribution in [0.5, 0.6) is 0 Å². The van der Waals surface area contributed by atoms with Crippen molar-refractivity contribution in [1.82, 2.24) is 4.57 Å². The Morgan fingerprint density at radius 1 is 0.929 bits per heavy atom. The van der Waals surface area contributed by atoms with Gasteiger partial charge in [0.2, 0.25) is 5.69 Å². The molecular weight excluding hydrogens is 361 g/mol. The van der Waals surface area contributed by atoms with Gasteiger partial charge in [-0.15, -0.1) is 0 Å². The van der Waals surface area contributed by atoms with E-state index in [0.29, 0.717) is 11.3 Å². The number of aryl methyl sites for hydroxylation is 2. The summed E-state index contributed by atoms with van der Waals surface area (Å²) >= 11 is 0. The van der Waals surface area contributed by atoms with Crippen molar-refractivity contribution in [3.63, 3.8) is 0 Å². The fourth-order valence-corrected chi connectivity index (χ4v) is 3.78. The van der Waals surface area contributed by atoms with Gasteiger partial charge in [0.15, 0.2) is 11.9 Å². The highest BCUT2D eigenvalue weighted by Gasteiger charge is 2.34. The zero-order valence-corrected chi connectivity index (χ0v) is 15.9. The normalized spacial score (nSPS) is 11.9. The maximum atomic E-state index is 13.7. The first-order chi connectivity index (χ1) is 13.3. The SMILES string of the molecule is Cc1c(-c2c3ccccc3cn2C)cc(C(F)(F)F)cc1-[n+]1ccccc1C. The van der Waals surface area contributed by atoms with Gasteiger partial charge < -0.3 is 4.57 Å². The Kier molecular flexibility index (Phi) is 4.26. The predicted octanol–water partition coefficient (Wildman–Crippen LogP) is 5.76. The number of rotatable bonds is 2. The third-order valence-corrected chi connectivity index (χ3v) is 5.19. The highest BCUT2D eigenvalue weighted by molar-refractivity contribution is 5.97. The minimum atomic E-state index is -4.43. The molecule has 2 aromatic carbocycles. The summed E-state index contributed by atoms with van der Waals surface area (Å²) in [6.07, 6.45) is -0.683. The molecule has 0 aliphatic carbocycles. The van der Waals surface area contributed by atoms with E-state index in [1.165, 1.54) is 12.1 Å². The van der Waals surface area contributed by atoms with Gasteiger partial charge in [-0.3, -0.25) is 0 Å². The van der Waals surface area contributed by atoms with E-state index >= 15 is 0 Å². The van der Waals surface area contributed by atoms with E-state index in [4.69, 9.17) is 0 Å². The van der Waals surface area contributed by atoms with E-state index in [0.717, 1.165) is 27.7 Å². The summed E-state index contributed by atoms with van der Waals surface area (Å²) in [5.74, 6) is 0. The summed E-state index contributed by atoms with van der Waals surface area (Å²) in [6, 6.07) is 15.8. The molecule has 0 amide bonds. The minimum absolute atomic E-state index is 0.535. The third-order valence-electron chi connectivity index (χ3n) is 5.19. The fourth-order valence-electron chi connectivity index (χ4n) is 3.78. The van der Waals surface area contributed by atoms with Crippen LogP contribution in [0.2, 0.25) is 0 Å². The van der Waals surface area contributed by atoms with Gasteiger partial charge in [0.25, 0.3) is 0 Å². The van der Waals surface area contributed by atoms with E-state index < -0.39 is 11.7 Å². The van der Waals surface area contributed by atoms with Gasteiger partial charge in [-0.2, -0.15) is 17.7 Å². The monoisotopic (exact) mass is 381 g/mol. The van der Waals surface area contributed by atoms with E-state index in [9.17, 15) is 13.2 Å². The Morgan fingerprint density at radius 2 is 1.64 bits per heavy atom. The summed E-state index contributed by atoms with van der Waals surface area (Å²) < 4.78 is 44.9. The molecule has 28 heavy (non-hydrogen) atoms. The topological polar surface area (TPSA) is 8.81 Å². The summed E-state index contributed by atoms with van der Waals surface area (Å²) in [7, 11) is 1.87. The van der Waals surface area contributed by atoms with Crippen LogP contribution < -0.4 is 4.57 Å². The first kappa shape index (κ1) is 18.3. The van der Waals surface area contributed by atoms with E-state index in [1.807, 2.05) is 74.1 Å². The summed E-state index contributed by atoms with van der Waals surface area (Å²) in [4.78, 5) is 0. The van der Waals surface area contributed by atoms with Crippen LogP contribution >= 0.6 is 0 Å². The molecule has 0 bridgehead atoms. The largest absolute Gasteiger partial charge is 0.416 e. The number of alkyl halides is 3. The number of hydrogen-bond acceptors (Lipinski definition) is 0. The van der Waals surface area contributed by atoms with Gasteiger partial charge in [-0.25, -0.2) is 0 Å². The molecule has 4 aromatic rings. The predicted molar refractivity (Wildman–Crippen MR) is 104 cm³/mol. The second kappa shape index (κ2) is 6.51. The average molecular weight is 381 g/mol. The van der Waals surface area contributed by atoms with E-state index in [-0.39, 0.29) is 0 Å². The van der Waals surface area contributed by atoms with Gasteiger partial charge in [0, 0.05) is 54.9 Å². The molecule has 0 radical (unpaired) electrons. The van der Waals surface area contributed by atoms with Gasteiger partial charge in [-0.1, -0.05) is 30.3 Å². The first-order valence-electron chi connectivity index (χ1n) is 9.01. The lowest BCUT2D eigenvalue weighted by Gasteiger charge is -2.15. The number of aromatic nitrogens is 2. The number of nitrogens with zero attached hydrogens (tertiary/aromatic N) is 2. The Labute approximate surface area is 161 Å². The van der Waals surface area contributed by atoms with Crippen molar-refractivity contribution in [2.45, 2.75) is 20.0 Å². The Bertz CT molecular complexity index is 1190. The fraction of sp³-hybridized carbons (Fsp3) is 0.174. The van der Waals surface area contributed by atoms with Crippen molar-refractivity contribution in [2.75, 3.05) is 0 Å². The van der Waals surface area contributed by atoms with Crippen LogP contribution in [0.3, 0.4) is 0 Å². The Hall–Kier alpha value is -3.08. The van der Waals surface area contributed by atoms with Crippen LogP contribution in [0, 0.1) is 13.8 Å². The van der Waals surface area contributed by atoms with Crippen molar-refractivity contribution in [3.05, 3.63) is 83.8 Å². The van der Waals surface area contributed by atoms with Crippen LogP contribution in [0.4, 0.5) is 13.2 Å². The number of pyridine rings is 1. The molecule has 0 atom stereocenters. The standard InChI is InChI=1S/C23H20F3N2/c1-15-8-6-7-11-28(15)21-13-18(23(24,25)26)12-20(16(21)2)22-19-10-5-4-9-17(19)14-27(22)3/h4-14H,1-3H3/q+1. The smallest absolute Gasteiger partial charge is 0.349 e. The van der Waals surface area contributed by atoms with E-state index in [2.05, 4.69) is 0 Å². The second-order valence-electron chi connectivity index (χ2n) is 7.05. The zero-order chi connectivity index (χ0) is 20.1. The summed E-state index contributed by atoms with van der Waals surface area (Å²) in [6.45, 7) is 3.77. The number of fused-ring (bicyclic) bond motifs is 1. The molecule has 0 aliphatic heterocycles. The van der Waals surface area contributed by atoms with Gasteiger partial charge in [-0.05, 0) is 18.4 Å². The number of benzene rings is 2. The molecule has 5 heteroatoms. The highest BCUT2D eigenvalue weighted by Crippen LogP contribution is 2.38. The van der Waals surface area contributed by atoms with Gasteiger partial charge in [0.1, 0.15) is 0 Å². The maximum absolute atomic E-state index is 13.7. The quantitative estimate of drug-likeness (QED) is 0.391. The molecule has 0 aliphatic rings. The van der Waals surface area contributed by atoms with Crippen molar-refractivity contribution in [3.8, 4) is 16.9 Å². The molecule has 0 fully saturated rings. The third kappa shape index (κ3) is 2.97. The zero-order valence-electron chi connectivity index (χ0n) is 15.9. The Balaban J connectivity index is 2.09. The minimum Gasteiger partial charge on any atom is -0.349 e. The van der Waals surface area contributed by atoms with Crippen LogP contribution in [0.25, 0.3) is 27.7 Å². The lowest BCUT2D eigenvalue weighted by Crippen LogP contribution is -2.35. The number of halogens is 3. The Morgan fingerprint density at radius 3 is 2.36 bits per heavy atom. The van der Waals surface area contributed by atoms with Crippen molar-refractivity contribution < 1.29 is 17.7 Å². The van der Waals surface area contributed by atoms with Crippen LogP contribution in [0.1, 0.15) is 16.8 Å². The second-order valence-corrected chi connectivity index (χ2v) is 7.05. The van der Waals surface area contributed by atoms with Crippen molar-refractivity contribution in [2.24, 2.45) is 7.05 Å². The molecule has 0 saturated carbocycles. The van der Waals surface area contributed by atoms with Crippen LogP contribution in [0.15, 0.2) is 67.0 Å². The highest BCUT2D eigenvalue weighted by atomic mass is 19.4. The molecule has 0 saturated heterocycles. The molecule has 0 spiro atoms. The molecule has 0 unspecified atom stereocenters. The average Bonchev–Trinajstić information content (AvgIpc) is 2.97. The molecule has 2 aromatic heterocycles. The molecule has 2 heterocycles. The number of hydrogen-bond donors (Lipinski definition) is 0. The summed E-state index contributed by atoms with van der Waals surface area (Å²) in [5, 5.41) is 1.94. The van der Waals surface area contributed by atoms with Crippen LogP contribution in [-0.4, -0.2) is 4.57 Å². The molecule has 4 rings (SSSR count). The lowest BCUT2D eigenvalue weighted by atomic mass is 9.97. The molecule has 2 nitrogen and oxygen atoms in total. The van der Waals surface area contributed by atoms with Crippen molar-refractivity contribution in [1.29, 1.82) is 0 Å². The molecule has 142 valence electrons. The van der Waals surface area contributed by atoms with Crippen molar-refractivity contribution >= 4 is 10.8 Å². The summed E-state index contributed by atoms with van der Waals surface area (Å²) in [5.41, 5.74) is 2.93. The van der Waals surface area contributed by atoms with Crippen LogP contribution in [-0.2, 0) is 13.2 Å². The maximum Gasteiger partial charge on any atom is 0.416 e. The van der Waals surface area contributed by atoms with E-state index in [1.54, 1.807) is 10.8 Å². The first-order valence-corrected chi connectivity index (χ1v) is 9.01. The molecular formula is C23H20F3N2+. The lowest BCUT2D eigenvalue weighted by molar-refractivity contribution is -0.603. The molecule has 0 N–H and O–H groups in total.